The third kappa shape index (κ3) is 3.36. The maximum Gasteiger partial charge on any atom is 0.254 e. The Labute approximate surface area is 97.4 Å². The van der Waals surface area contributed by atoms with Crippen molar-refractivity contribution in [2.24, 2.45) is 0 Å². The summed E-state index contributed by atoms with van der Waals surface area (Å²) < 4.78 is 13.2. The fourth-order valence-electron chi connectivity index (χ4n) is 1.01. The van der Waals surface area contributed by atoms with Gasteiger partial charge in [-0.05, 0) is 25.1 Å². The lowest BCUT2D eigenvalue weighted by molar-refractivity contribution is 0.0939. The minimum atomic E-state index is -0.598. The molecule has 1 amide bonds. The van der Waals surface area contributed by atoms with Crippen LogP contribution in [0.4, 0.5) is 4.39 Å². The zero-order valence-corrected chi connectivity index (χ0v) is 9.57. The molecule has 0 aromatic heterocycles. The molecule has 2 nitrogen and oxygen atoms in total. The van der Waals surface area contributed by atoms with Crippen molar-refractivity contribution >= 4 is 29.1 Å². The molecule has 0 bridgehead atoms. The molecule has 0 radical (unpaired) electrons. The normalized spacial score (nSPS) is 12.3. The minimum Gasteiger partial charge on any atom is -0.348 e. The van der Waals surface area contributed by atoms with E-state index in [4.69, 9.17) is 23.2 Å². The van der Waals surface area contributed by atoms with Crippen molar-refractivity contribution in [3.8, 4) is 0 Å². The number of benzene rings is 1. The summed E-state index contributed by atoms with van der Waals surface area (Å²) in [6.45, 7) is 1.73. The molecule has 1 aromatic carbocycles. The molecule has 0 heterocycles. The van der Waals surface area contributed by atoms with Crippen molar-refractivity contribution < 1.29 is 9.18 Å². The Morgan fingerprint density at radius 2 is 2.27 bits per heavy atom. The van der Waals surface area contributed by atoms with Gasteiger partial charge < -0.3 is 5.32 Å². The molecule has 0 aliphatic heterocycles. The first kappa shape index (κ1) is 12.3. The van der Waals surface area contributed by atoms with Gasteiger partial charge in [0.25, 0.3) is 5.91 Å². The summed E-state index contributed by atoms with van der Waals surface area (Å²) in [7, 11) is 0. The lowest BCUT2D eigenvalue weighted by Gasteiger charge is -2.10. The Kier molecular flexibility index (Phi) is 4.36. The van der Waals surface area contributed by atoms with E-state index in [1.54, 1.807) is 6.92 Å². The second kappa shape index (κ2) is 5.33. The van der Waals surface area contributed by atoms with Crippen molar-refractivity contribution in [2.45, 2.75) is 13.0 Å². The SMILES string of the molecule is CC(CCl)NC(=O)c1cc(Cl)ccc1F. The van der Waals surface area contributed by atoms with Gasteiger partial charge in [0.05, 0.1) is 5.56 Å². The number of hydrogen-bond acceptors (Lipinski definition) is 1. The van der Waals surface area contributed by atoms with Gasteiger partial charge in [-0.25, -0.2) is 4.39 Å². The van der Waals surface area contributed by atoms with Crippen LogP contribution in [0.1, 0.15) is 17.3 Å². The third-order valence-electron chi connectivity index (χ3n) is 1.78. The highest BCUT2D eigenvalue weighted by atomic mass is 35.5. The zero-order valence-electron chi connectivity index (χ0n) is 8.06. The molecule has 0 saturated heterocycles. The molecular formula is C10H10Cl2FNO. The molecule has 0 fully saturated rings. The van der Waals surface area contributed by atoms with Gasteiger partial charge in [-0.15, -0.1) is 11.6 Å². The lowest BCUT2D eigenvalue weighted by Crippen LogP contribution is -2.34. The number of rotatable bonds is 3. The number of nitrogens with one attached hydrogen (secondary N) is 1. The molecule has 1 atom stereocenters. The molecule has 1 rings (SSSR count). The average Bonchev–Trinajstić information content (AvgIpc) is 2.21. The third-order valence-corrected chi connectivity index (χ3v) is 2.48. The van der Waals surface area contributed by atoms with Crippen molar-refractivity contribution in [3.05, 3.63) is 34.6 Å². The number of carbonyl (C=O) groups excluding carboxylic acids is 1. The second-order valence-corrected chi connectivity index (χ2v) is 3.90. The molecular weight excluding hydrogens is 240 g/mol. The Hall–Kier alpha value is -0.800. The maximum atomic E-state index is 13.2. The van der Waals surface area contributed by atoms with Gasteiger partial charge in [0.15, 0.2) is 0 Å². The standard InChI is InChI=1S/C10H10Cl2FNO/c1-6(5-11)14-10(15)8-4-7(12)2-3-9(8)13/h2-4,6H,5H2,1H3,(H,14,15). The Morgan fingerprint density at radius 3 is 2.87 bits per heavy atom. The average molecular weight is 250 g/mol. The Balaban J connectivity index is 2.86. The van der Waals surface area contributed by atoms with Gasteiger partial charge in [0, 0.05) is 16.9 Å². The van der Waals surface area contributed by atoms with Crippen LogP contribution in [0.25, 0.3) is 0 Å². The van der Waals surface area contributed by atoms with Gasteiger partial charge in [-0.2, -0.15) is 0 Å². The Morgan fingerprint density at radius 1 is 1.60 bits per heavy atom. The summed E-state index contributed by atoms with van der Waals surface area (Å²) in [5.41, 5.74) is -0.0699. The molecule has 1 unspecified atom stereocenters. The highest BCUT2D eigenvalue weighted by molar-refractivity contribution is 6.31. The van der Waals surface area contributed by atoms with Crippen molar-refractivity contribution in [1.82, 2.24) is 5.32 Å². The number of halogens is 3. The largest absolute Gasteiger partial charge is 0.348 e. The monoisotopic (exact) mass is 249 g/mol. The van der Waals surface area contributed by atoms with Crippen molar-refractivity contribution in [2.75, 3.05) is 5.88 Å². The number of carbonyl (C=O) groups is 1. The fraction of sp³-hybridized carbons (Fsp3) is 0.300. The summed E-state index contributed by atoms with van der Waals surface area (Å²) in [4.78, 5) is 11.5. The van der Waals surface area contributed by atoms with Crippen LogP contribution < -0.4 is 5.32 Å². The van der Waals surface area contributed by atoms with E-state index in [2.05, 4.69) is 5.32 Å². The molecule has 0 aliphatic rings. The van der Waals surface area contributed by atoms with Crippen LogP contribution in [0.2, 0.25) is 5.02 Å². The lowest BCUT2D eigenvalue weighted by atomic mass is 10.2. The fourth-order valence-corrected chi connectivity index (χ4v) is 1.26. The van der Waals surface area contributed by atoms with Gasteiger partial charge in [0.1, 0.15) is 5.82 Å². The predicted octanol–water partition coefficient (Wildman–Crippen LogP) is 2.84. The summed E-state index contributed by atoms with van der Waals surface area (Å²) in [6, 6.07) is 3.62. The summed E-state index contributed by atoms with van der Waals surface area (Å²) in [6.07, 6.45) is 0. The van der Waals surface area contributed by atoms with Crippen LogP contribution in [0.5, 0.6) is 0 Å². The first-order valence-electron chi connectivity index (χ1n) is 4.36. The van der Waals surface area contributed by atoms with E-state index in [-0.39, 0.29) is 17.5 Å². The molecule has 82 valence electrons. The van der Waals surface area contributed by atoms with Crippen LogP contribution in [-0.4, -0.2) is 17.8 Å². The number of hydrogen-bond donors (Lipinski definition) is 1. The van der Waals surface area contributed by atoms with E-state index < -0.39 is 11.7 Å². The summed E-state index contributed by atoms with van der Waals surface area (Å²) in [5, 5.41) is 2.86. The van der Waals surface area contributed by atoms with E-state index in [1.165, 1.54) is 12.1 Å². The molecule has 0 spiro atoms. The second-order valence-electron chi connectivity index (χ2n) is 3.15. The molecule has 0 saturated carbocycles. The molecule has 0 aliphatic carbocycles. The van der Waals surface area contributed by atoms with Gasteiger partial charge in [-0.3, -0.25) is 4.79 Å². The maximum absolute atomic E-state index is 13.2. The van der Waals surface area contributed by atoms with Gasteiger partial charge >= 0.3 is 0 Å². The summed E-state index contributed by atoms with van der Waals surface area (Å²) >= 11 is 11.2. The molecule has 1 aromatic rings. The van der Waals surface area contributed by atoms with E-state index in [0.29, 0.717) is 5.02 Å². The molecule has 15 heavy (non-hydrogen) atoms. The van der Waals surface area contributed by atoms with Crippen LogP contribution >= 0.6 is 23.2 Å². The quantitative estimate of drug-likeness (QED) is 0.821. The first-order valence-corrected chi connectivity index (χ1v) is 5.27. The summed E-state index contributed by atoms with van der Waals surface area (Å²) in [5.74, 6) is -0.838. The van der Waals surface area contributed by atoms with E-state index in [9.17, 15) is 9.18 Å². The predicted molar refractivity (Wildman–Crippen MR) is 59.1 cm³/mol. The Bertz CT molecular complexity index is 370. The zero-order chi connectivity index (χ0) is 11.4. The topological polar surface area (TPSA) is 29.1 Å². The first-order chi connectivity index (χ1) is 7.04. The van der Waals surface area contributed by atoms with E-state index >= 15 is 0 Å². The highest BCUT2D eigenvalue weighted by Gasteiger charge is 2.13. The number of amides is 1. The van der Waals surface area contributed by atoms with Crippen LogP contribution in [0.15, 0.2) is 18.2 Å². The van der Waals surface area contributed by atoms with Gasteiger partial charge in [-0.1, -0.05) is 11.6 Å². The van der Waals surface area contributed by atoms with Crippen LogP contribution in [-0.2, 0) is 0 Å². The number of alkyl halides is 1. The van der Waals surface area contributed by atoms with Crippen molar-refractivity contribution in [1.29, 1.82) is 0 Å². The van der Waals surface area contributed by atoms with Crippen molar-refractivity contribution in [3.63, 3.8) is 0 Å². The van der Waals surface area contributed by atoms with Crippen LogP contribution in [0.3, 0.4) is 0 Å². The smallest absolute Gasteiger partial charge is 0.254 e. The van der Waals surface area contributed by atoms with Gasteiger partial charge in [0.2, 0.25) is 0 Å². The molecule has 5 heteroatoms. The van der Waals surface area contributed by atoms with E-state index in [0.717, 1.165) is 6.07 Å². The van der Waals surface area contributed by atoms with Crippen LogP contribution in [0, 0.1) is 5.82 Å². The highest BCUT2D eigenvalue weighted by Crippen LogP contribution is 2.14. The molecule has 1 N–H and O–H groups in total. The van der Waals surface area contributed by atoms with E-state index in [1.807, 2.05) is 0 Å². The minimum absolute atomic E-state index is 0.0699.